The van der Waals surface area contributed by atoms with Crippen LogP contribution in [0.25, 0.3) is 11.1 Å². The summed E-state index contributed by atoms with van der Waals surface area (Å²) in [5.41, 5.74) is 4.37. The van der Waals surface area contributed by atoms with Crippen LogP contribution in [0, 0.1) is 12.3 Å². The molecule has 0 aromatic heterocycles. The van der Waals surface area contributed by atoms with Gasteiger partial charge in [0.2, 0.25) is 0 Å². The molecule has 0 amide bonds. The molecule has 0 nitrogen and oxygen atoms in total. The van der Waals surface area contributed by atoms with Gasteiger partial charge in [-0.2, -0.15) is 0 Å². The van der Waals surface area contributed by atoms with E-state index < -0.39 is 0 Å². The molecule has 0 saturated carbocycles. The van der Waals surface area contributed by atoms with E-state index in [0.717, 1.165) is 0 Å². The lowest BCUT2D eigenvalue weighted by Crippen LogP contribution is -1.93. The fraction of sp³-hybridized carbons (Fsp3) is 0.333. The average molecular weight is 240 g/mol. The normalized spacial score (nSPS) is 10.5. The summed E-state index contributed by atoms with van der Waals surface area (Å²) < 4.78 is 0. The van der Waals surface area contributed by atoms with Gasteiger partial charge in [0, 0.05) is 0 Å². The molecule has 0 atom stereocenters. The summed E-state index contributed by atoms with van der Waals surface area (Å²) in [6.45, 7) is 10.9. The smallest absolute Gasteiger partial charge is 0.0184 e. The number of hydrogen-bond donors (Lipinski definition) is 0. The van der Waals surface area contributed by atoms with Crippen LogP contribution in [-0.4, -0.2) is 0 Å². The Morgan fingerprint density at radius 1 is 0.611 bits per heavy atom. The minimum absolute atomic E-state index is 0.500. The van der Waals surface area contributed by atoms with Crippen LogP contribution in [0.5, 0.6) is 0 Å². The maximum atomic E-state index is 2.19. The van der Waals surface area contributed by atoms with Crippen molar-refractivity contribution in [2.24, 2.45) is 5.41 Å². The fourth-order valence-electron chi connectivity index (χ4n) is 1.38. The van der Waals surface area contributed by atoms with Crippen molar-refractivity contribution in [2.45, 2.75) is 34.6 Å². The van der Waals surface area contributed by atoms with Crippen LogP contribution in [0.15, 0.2) is 54.6 Å². The topological polar surface area (TPSA) is 0 Å². The Morgan fingerprint density at radius 3 is 1.44 bits per heavy atom. The highest BCUT2D eigenvalue weighted by Crippen LogP contribution is 2.18. The zero-order chi connectivity index (χ0) is 13.6. The van der Waals surface area contributed by atoms with Crippen molar-refractivity contribution in [1.82, 2.24) is 0 Å². The number of hydrogen-bond acceptors (Lipinski definition) is 0. The number of benzene rings is 2. The Balaban J connectivity index is 0.000000280. The van der Waals surface area contributed by atoms with Gasteiger partial charge in [-0.3, -0.25) is 0 Å². The third-order valence-corrected chi connectivity index (χ3v) is 2.16. The molecule has 2 aromatic carbocycles. The summed E-state index contributed by atoms with van der Waals surface area (Å²) in [7, 11) is 0. The Hall–Kier alpha value is -1.56. The first-order valence-electron chi connectivity index (χ1n) is 6.48. The van der Waals surface area contributed by atoms with Crippen LogP contribution in [0.1, 0.15) is 33.3 Å². The first-order valence-corrected chi connectivity index (χ1v) is 6.48. The Bertz CT molecular complexity index is 438. The first-order chi connectivity index (χ1) is 8.36. The molecule has 0 spiro atoms. The monoisotopic (exact) mass is 240 g/mol. The molecule has 96 valence electrons. The summed E-state index contributed by atoms with van der Waals surface area (Å²) in [5.74, 6) is 0. The Kier molecular flexibility index (Phi) is 5.15. The van der Waals surface area contributed by atoms with E-state index in [1.54, 1.807) is 0 Å². The quantitative estimate of drug-likeness (QED) is 0.598. The van der Waals surface area contributed by atoms with Crippen LogP contribution < -0.4 is 0 Å². The molecule has 0 aliphatic carbocycles. The fourth-order valence-corrected chi connectivity index (χ4v) is 1.38. The van der Waals surface area contributed by atoms with Crippen molar-refractivity contribution in [3.05, 3.63) is 60.2 Å². The van der Waals surface area contributed by atoms with Crippen molar-refractivity contribution in [3.8, 4) is 11.1 Å². The summed E-state index contributed by atoms with van der Waals surface area (Å²) >= 11 is 0. The van der Waals surface area contributed by atoms with Gasteiger partial charge in [0.05, 0.1) is 0 Å². The summed E-state index contributed by atoms with van der Waals surface area (Å²) in [6, 6.07) is 19.0. The molecule has 0 N–H and O–H groups in total. The SMILES string of the molecule is CC(C)(C)C.Cc1ccc(-c2ccccc2)cc1. The molecular formula is C18H24. The molecule has 18 heavy (non-hydrogen) atoms. The van der Waals surface area contributed by atoms with Gasteiger partial charge >= 0.3 is 0 Å². The van der Waals surface area contributed by atoms with Gasteiger partial charge in [-0.1, -0.05) is 87.9 Å². The summed E-state index contributed by atoms with van der Waals surface area (Å²) in [5, 5.41) is 0. The lowest BCUT2D eigenvalue weighted by atomic mass is 10.0. The van der Waals surface area contributed by atoms with Gasteiger partial charge in [0.1, 0.15) is 0 Å². The first kappa shape index (κ1) is 14.5. The molecule has 0 bridgehead atoms. The van der Waals surface area contributed by atoms with Gasteiger partial charge in [0.25, 0.3) is 0 Å². The molecule has 2 aromatic rings. The molecule has 0 unspecified atom stereocenters. The van der Waals surface area contributed by atoms with Crippen LogP contribution >= 0.6 is 0 Å². The van der Waals surface area contributed by atoms with Gasteiger partial charge in [0.15, 0.2) is 0 Å². The van der Waals surface area contributed by atoms with Crippen LogP contribution in [0.3, 0.4) is 0 Å². The molecule has 0 heteroatoms. The van der Waals surface area contributed by atoms with Crippen LogP contribution in [-0.2, 0) is 0 Å². The lowest BCUT2D eigenvalue weighted by molar-refractivity contribution is 0.469. The number of rotatable bonds is 1. The van der Waals surface area contributed by atoms with E-state index in [1.807, 2.05) is 6.07 Å². The Morgan fingerprint density at radius 2 is 1.00 bits per heavy atom. The zero-order valence-corrected chi connectivity index (χ0v) is 12.2. The zero-order valence-electron chi connectivity index (χ0n) is 12.2. The Labute approximate surface area is 112 Å². The van der Waals surface area contributed by atoms with Crippen molar-refractivity contribution >= 4 is 0 Å². The summed E-state index contributed by atoms with van der Waals surface area (Å²) in [6.07, 6.45) is 0. The van der Waals surface area contributed by atoms with E-state index in [2.05, 4.69) is 83.1 Å². The van der Waals surface area contributed by atoms with E-state index in [0.29, 0.717) is 5.41 Å². The molecule has 2 rings (SSSR count). The molecule has 0 aliphatic rings. The minimum atomic E-state index is 0.500. The highest BCUT2D eigenvalue weighted by Gasteiger charge is 1.95. The van der Waals surface area contributed by atoms with Crippen LogP contribution in [0.2, 0.25) is 0 Å². The van der Waals surface area contributed by atoms with Crippen LogP contribution in [0.4, 0.5) is 0 Å². The maximum absolute atomic E-state index is 2.19. The van der Waals surface area contributed by atoms with E-state index in [9.17, 15) is 0 Å². The van der Waals surface area contributed by atoms with E-state index in [-0.39, 0.29) is 0 Å². The molecule has 0 heterocycles. The maximum Gasteiger partial charge on any atom is -0.0184 e. The van der Waals surface area contributed by atoms with Crippen molar-refractivity contribution in [1.29, 1.82) is 0 Å². The van der Waals surface area contributed by atoms with E-state index >= 15 is 0 Å². The van der Waals surface area contributed by atoms with Gasteiger partial charge in [-0.15, -0.1) is 0 Å². The van der Waals surface area contributed by atoms with Crippen molar-refractivity contribution < 1.29 is 0 Å². The minimum Gasteiger partial charge on any atom is -0.0622 e. The third kappa shape index (κ3) is 6.24. The van der Waals surface area contributed by atoms with Gasteiger partial charge in [-0.25, -0.2) is 0 Å². The standard InChI is InChI=1S/C13H12.C5H12/c1-11-7-9-13(10-8-11)12-5-3-2-4-6-12;1-5(2,3)4/h2-10H,1H3;1-4H3. The molecular weight excluding hydrogens is 216 g/mol. The highest BCUT2D eigenvalue weighted by molar-refractivity contribution is 5.63. The summed E-state index contributed by atoms with van der Waals surface area (Å²) in [4.78, 5) is 0. The highest BCUT2D eigenvalue weighted by atomic mass is 14.0. The predicted molar refractivity (Wildman–Crippen MR) is 81.7 cm³/mol. The van der Waals surface area contributed by atoms with E-state index in [1.165, 1.54) is 16.7 Å². The second kappa shape index (κ2) is 6.39. The third-order valence-electron chi connectivity index (χ3n) is 2.16. The van der Waals surface area contributed by atoms with Crippen molar-refractivity contribution in [3.63, 3.8) is 0 Å². The second-order valence-corrected chi connectivity index (χ2v) is 6.23. The molecule has 0 fully saturated rings. The second-order valence-electron chi connectivity index (χ2n) is 6.23. The molecule has 0 aliphatic heterocycles. The largest absolute Gasteiger partial charge is 0.0622 e. The van der Waals surface area contributed by atoms with E-state index in [4.69, 9.17) is 0 Å². The van der Waals surface area contributed by atoms with Gasteiger partial charge < -0.3 is 0 Å². The average Bonchev–Trinajstić information content (AvgIpc) is 2.29. The van der Waals surface area contributed by atoms with Gasteiger partial charge in [-0.05, 0) is 23.5 Å². The molecule has 0 radical (unpaired) electrons. The van der Waals surface area contributed by atoms with Crippen molar-refractivity contribution in [2.75, 3.05) is 0 Å². The lowest BCUT2D eigenvalue weighted by Gasteiger charge is -2.05. The molecule has 0 saturated heterocycles. The predicted octanol–water partition coefficient (Wildman–Crippen LogP) is 5.71. The number of aryl methyl sites for hydroxylation is 1.